The van der Waals surface area contributed by atoms with E-state index >= 15 is 0 Å². The number of nitrogens with one attached hydrogen (secondary N) is 2. The largest absolute Gasteiger partial charge is 0.487 e. The van der Waals surface area contributed by atoms with Gasteiger partial charge >= 0.3 is 0 Å². The summed E-state index contributed by atoms with van der Waals surface area (Å²) in [6.07, 6.45) is 6.86. The Bertz CT molecular complexity index is 935. The number of pyridine rings is 1. The summed E-state index contributed by atoms with van der Waals surface area (Å²) in [5.74, 6) is 0.771. The number of aryl methyl sites for hydroxylation is 1. The molecule has 3 aromatic rings. The minimum atomic E-state index is 0.0654. The van der Waals surface area contributed by atoms with Crippen molar-refractivity contribution in [2.75, 3.05) is 13.2 Å². The van der Waals surface area contributed by atoms with E-state index in [9.17, 15) is 4.79 Å². The van der Waals surface area contributed by atoms with E-state index in [1.54, 1.807) is 12.4 Å². The van der Waals surface area contributed by atoms with Crippen molar-refractivity contribution in [1.82, 2.24) is 20.5 Å². The Hall–Kier alpha value is -3.19. The number of aromatic amines is 1. The van der Waals surface area contributed by atoms with Crippen LogP contribution in [0.1, 0.15) is 30.4 Å². The number of ether oxygens (including phenoxy) is 2. The molecule has 0 bridgehead atoms. The van der Waals surface area contributed by atoms with Crippen LogP contribution in [0.25, 0.3) is 11.4 Å². The quantitative estimate of drug-likeness (QED) is 0.569. The van der Waals surface area contributed by atoms with Crippen molar-refractivity contribution in [3.63, 3.8) is 0 Å². The standard InChI is InChI=1S/C23H26N4O3/c28-23(25-15-19-5-2-12-29-19)9-6-17-3-1-4-18(13-17)16-30-20-7-8-21(24-14-20)22-10-11-26-27-22/h1,3-4,7-8,10-11,13-14,19H,2,5-6,9,12,15-16H2,(H,25,28)(H,26,27)/t19-/m0/s1. The van der Waals surface area contributed by atoms with Crippen LogP contribution in [0, 0.1) is 0 Å². The molecule has 156 valence electrons. The van der Waals surface area contributed by atoms with E-state index in [-0.39, 0.29) is 12.0 Å². The van der Waals surface area contributed by atoms with Crippen LogP contribution in [0.15, 0.2) is 54.9 Å². The van der Waals surface area contributed by atoms with E-state index in [0.29, 0.717) is 31.7 Å². The molecule has 1 atom stereocenters. The summed E-state index contributed by atoms with van der Waals surface area (Å²) in [7, 11) is 0. The molecular weight excluding hydrogens is 380 g/mol. The lowest BCUT2D eigenvalue weighted by molar-refractivity contribution is -0.121. The molecule has 2 N–H and O–H groups in total. The molecule has 2 aromatic heterocycles. The second-order valence-electron chi connectivity index (χ2n) is 7.40. The molecular formula is C23H26N4O3. The van der Waals surface area contributed by atoms with Gasteiger partial charge < -0.3 is 14.8 Å². The maximum absolute atomic E-state index is 12.1. The van der Waals surface area contributed by atoms with Crippen molar-refractivity contribution >= 4 is 5.91 Å². The number of hydrogen-bond donors (Lipinski definition) is 2. The van der Waals surface area contributed by atoms with Gasteiger partial charge in [0, 0.05) is 25.8 Å². The Labute approximate surface area is 175 Å². The van der Waals surface area contributed by atoms with Gasteiger partial charge in [0.25, 0.3) is 0 Å². The molecule has 1 amide bonds. The SMILES string of the molecule is O=C(CCc1cccc(COc2ccc(-c3ccn[nH]3)nc2)c1)NC[C@@H]1CCCO1. The van der Waals surface area contributed by atoms with Crippen LogP contribution in [-0.4, -0.2) is 40.3 Å². The number of hydrogen-bond acceptors (Lipinski definition) is 5. The predicted octanol–water partition coefficient (Wildman–Crippen LogP) is 3.28. The van der Waals surface area contributed by atoms with Crippen molar-refractivity contribution in [3.05, 3.63) is 66.0 Å². The molecule has 1 aliphatic heterocycles. The number of nitrogens with zero attached hydrogens (tertiary/aromatic N) is 2. The van der Waals surface area contributed by atoms with Crippen LogP contribution in [0.2, 0.25) is 0 Å². The highest BCUT2D eigenvalue weighted by atomic mass is 16.5. The number of carbonyl (C=O) groups excluding carboxylic acids is 1. The summed E-state index contributed by atoms with van der Waals surface area (Å²) < 4.78 is 11.4. The van der Waals surface area contributed by atoms with E-state index in [1.165, 1.54) is 0 Å². The van der Waals surface area contributed by atoms with Crippen LogP contribution in [0.4, 0.5) is 0 Å². The van der Waals surface area contributed by atoms with Crippen LogP contribution < -0.4 is 10.1 Å². The average molecular weight is 406 g/mol. The zero-order chi connectivity index (χ0) is 20.6. The van der Waals surface area contributed by atoms with Gasteiger partial charge in [-0.1, -0.05) is 24.3 Å². The fraction of sp³-hybridized carbons (Fsp3) is 0.348. The average Bonchev–Trinajstić information content (AvgIpc) is 3.50. The maximum Gasteiger partial charge on any atom is 0.220 e. The van der Waals surface area contributed by atoms with E-state index in [4.69, 9.17) is 9.47 Å². The lowest BCUT2D eigenvalue weighted by Gasteiger charge is -2.11. The van der Waals surface area contributed by atoms with Gasteiger partial charge in [-0.2, -0.15) is 5.10 Å². The number of H-pyrrole nitrogens is 1. The molecule has 4 rings (SSSR count). The topological polar surface area (TPSA) is 89.1 Å². The van der Waals surface area contributed by atoms with Gasteiger partial charge in [-0.15, -0.1) is 0 Å². The van der Waals surface area contributed by atoms with Gasteiger partial charge in [0.1, 0.15) is 12.4 Å². The highest BCUT2D eigenvalue weighted by Gasteiger charge is 2.16. The Kier molecular flexibility index (Phi) is 6.72. The van der Waals surface area contributed by atoms with E-state index in [0.717, 1.165) is 42.0 Å². The Morgan fingerprint density at radius 3 is 2.93 bits per heavy atom. The highest BCUT2D eigenvalue weighted by molar-refractivity contribution is 5.76. The van der Waals surface area contributed by atoms with Crippen molar-refractivity contribution < 1.29 is 14.3 Å². The van der Waals surface area contributed by atoms with Gasteiger partial charge in [0.05, 0.1) is 23.7 Å². The van der Waals surface area contributed by atoms with Crippen molar-refractivity contribution in [3.8, 4) is 17.1 Å². The number of amides is 1. The van der Waals surface area contributed by atoms with Crippen molar-refractivity contribution in [2.24, 2.45) is 0 Å². The number of benzene rings is 1. The minimum Gasteiger partial charge on any atom is -0.487 e. The first-order valence-corrected chi connectivity index (χ1v) is 10.3. The molecule has 1 saturated heterocycles. The summed E-state index contributed by atoms with van der Waals surface area (Å²) in [5, 5.41) is 9.79. The summed E-state index contributed by atoms with van der Waals surface area (Å²) in [6, 6.07) is 13.8. The molecule has 0 aliphatic carbocycles. The monoisotopic (exact) mass is 406 g/mol. The van der Waals surface area contributed by atoms with Gasteiger partial charge in [-0.05, 0) is 48.6 Å². The summed E-state index contributed by atoms with van der Waals surface area (Å²) >= 11 is 0. The van der Waals surface area contributed by atoms with E-state index < -0.39 is 0 Å². The van der Waals surface area contributed by atoms with Crippen molar-refractivity contribution in [2.45, 2.75) is 38.4 Å². The molecule has 1 aromatic carbocycles. The molecule has 0 spiro atoms. The number of rotatable bonds is 9. The first kappa shape index (κ1) is 20.1. The third-order valence-electron chi connectivity index (χ3n) is 5.10. The molecule has 7 nitrogen and oxygen atoms in total. The zero-order valence-corrected chi connectivity index (χ0v) is 16.8. The van der Waals surface area contributed by atoms with Gasteiger partial charge in [0.15, 0.2) is 0 Å². The third kappa shape index (κ3) is 5.67. The molecule has 1 aliphatic rings. The van der Waals surface area contributed by atoms with Crippen LogP contribution in [-0.2, 0) is 22.6 Å². The first-order valence-electron chi connectivity index (χ1n) is 10.3. The van der Waals surface area contributed by atoms with Crippen molar-refractivity contribution in [1.29, 1.82) is 0 Å². The molecule has 0 radical (unpaired) electrons. The maximum atomic E-state index is 12.1. The minimum absolute atomic E-state index is 0.0654. The summed E-state index contributed by atoms with van der Waals surface area (Å²) in [6.45, 7) is 1.86. The Balaban J connectivity index is 1.23. The molecule has 30 heavy (non-hydrogen) atoms. The fourth-order valence-electron chi connectivity index (χ4n) is 3.44. The lowest BCUT2D eigenvalue weighted by Crippen LogP contribution is -2.31. The number of carbonyl (C=O) groups is 1. The third-order valence-corrected chi connectivity index (χ3v) is 5.10. The molecule has 3 heterocycles. The van der Waals surface area contributed by atoms with Gasteiger partial charge in [-0.3, -0.25) is 14.9 Å². The zero-order valence-electron chi connectivity index (χ0n) is 16.8. The first-order chi connectivity index (χ1) is 14.8. The Morgan fingerprint density at radius 2 is 2.17 bits per heavy atom. The van der Waals surface area contributed by atoms with Crippen LogP contribution >= 0.6 is 0 Å². The smallest absolute Gasteiger partial charge is 0.220 e. The molecule has 0 unspecified atom stereocenters. The van der Waals surface area contributed by atoms with Crippen LogP contribution in [0.3, 0.4) is 0 Å². The highest BCUT2D eigenvalue weighted by Crippen LogP contribution is 2.18. The number of aromatic nitrogens is 3. The molecule has 1 fully saturated rings. The normalized spacial score (nSPS) is 15.8. The summed E-state index contributed by atoms with van der Waals surface area (Å²) in [5.41, 5.74) is 3.87. The molecule has 7 heteroatoms. The van der Waals surface area contributed by atoms with E-state index in [1.807, 2.05) is 36.4 Å². The second kappa shape index (κ2) is 10.0. The van der Waals surface area contributed by atoms with E-state index in [2.05, 4.69) is 26.6 Å². The fourth-order valence-corrected chi connectivity index (χ4v) is 3.44. The molecule has 0 saturated carbocycles. The second-order valence-corrected chi connectivity index (χ2v) is 7.40. The Morgan fingerprint density at radius 1 is 1.23 bits per heavy atom. The predicted molar refractivity (Wildman–Crippen MR) is 113 cm³/mol. The summed E-state index contributed by atoms with van der Waals surface area (Å²) in [4.78, 5) is 16.5. The lowest BCUT2D eigenvalue weighted by atomic mass is 10.1. The van der Waals surface area contributed by atoms with Gasteiger partial charge in [0.2, 0.25) is 5.91 Å². The van der Waals surface area contributed by atoms with Gasteiger partial charge in [-0.25, -0.2) is 0 Å². The van der Waals surface area contributed by atoms with Crippen LogP contribution in [0.5, 0.6) is 5.75 Å².